The first-order chi connectivity index (χ1) is 9.99. The van der Waals surface area contributed by atoms with Gasteiger partial charge in [-0.25, -0.2) is 0 Å². The molecule has 0 aromatic heterocycles. The summed E-state index contributed by atoms with van der Waals surface area (Å²) >= 11 is 3.64. The maximum Gasteiger partial charge on any atom is 0.0425 e. The van der Waals surface area contributed by atoms with Gasteiger partial charge in [0.25, 0.3) is 0 Å². The predicted molar refractivity (Wildman–Crippen MR) is 95.9 cm³/mol. The first kappa shape index (κ1) is 16.8. The van der Waals surface area contributed by atoms with E-state index in [1.807, 2.05) is 0 Å². The van der Waals surface area contributed by atoms with Crippen LogP contribution in [0.4, 0.5) is 5.69 Å². The zero-order valence-corrected chi connectivity index (χ0v) is 15.4. The summed E-state index contributed by atoms with van der Waals surface area (Å²) < 4.78 is 1.18. The molecule has 2 unspecified atom stereocenters. The summed E-state index contributed by atoms with van der Waals surface area (Å²) in [5.74, 6) is 1.46. The molecule has 1 aromatic rings. The average Bonchev–Trinajstić information content (AvgIpc) is 2.43. The lowest BCUT2D eigenvalue weighted by molar-refractivity contribution is 0.363. The third-order valence-electron chi connectivity index (χ3n) is 4.60. The summed E-state index contributed by atoms with van der Waals surface area (Å²) in [4.78, 5) is 2.60. The van der Waals surface area contributed by atoms with Crippen LogP contribution in [0.5, 0.6) is 0 Å². The lowest BCUT2D eigenvalue weighted by Gasteiger charge is -2.40. The van der Waals surface area contributed by atoms with E-state index in [1.165, 1.54) is 35.1 Å². The van der Waals surface area contributed by atoms with E-state index >= 15 is 0 Å². The van der Waals surface area contributed by atoms with Crippen molar-refractivity contribution in [1.82, 2.24) is 5.32 Å². The van der Waals surface area contributed by atoms with Gasteiger partial charge in [-0.15, -0.1) is 0 Å². The second-order valence-electron chi connectivity index (χ2n) is 6.85. The van der Waals surface area contributed by atoms with Gasteiger partial charge in [0.15, 0.2) is 0 Å². The molecule has 1 fully saturated rings. The number of nitrogens with one attached hydrogen (secondary N) is 1. The summed E-state index contributed by atoms with van der Waals surface area (Å²) in [5, 5.41) is 3.58. The quantitative estimate of drug-likeness (QED) is 0.816. The fourth-order valence-corrected chi connectivity index (χ4v) is 3.47. The third kappa shape index (κ3) is 4.46. The minimum absolute atomic E-state index is 0.622. The van der Waals surface area contributed by atoms with Gasteiger partial charge in [0.2, 0.25) is 0 Å². The second kappa shape index (κ2) is 7.64. The van der Waals surface area contributed by atoms with Crippen LogP contribution in [0.25, 0.3) is 0 Å². The van der Waals surface area contributed by atoms with Crippen molar-refractivity contribution < 1.29 is 0 Å². The minimum Gasteiger partial charge on any atom is -0.368 e. The highest BCUT2D eigenvalue weighted by Gasteiger charge is 2.26. The molecule has 21 heavy (non-hydrogen) atoms. The van der Waals surface area contributed by atoms with Gasteiger partial charge in [-0.2, -0.15) is 0 Å². The molecule has 2 nitrogen and oxygen atoms in total. The van der Waals surface area contributed by atoms with Gasteiger partial charge in [-0.05, 0) is 55.8 Å². The molecule has 2 rings (SSSR count). The van der Waals surface area contributed by atoms with Gasteiger partial charge < -0.3 is 10.2 Å². The predicted octanol–water partition coefficient (Wildman–Crippen LogP) is 4.82. The number of benzene rings is 1. The number of piperidine rings is 1. The molecular weight excluding hydrogens is 324 g/mol. The van der Waals surface area contributed by atoms with Crippen molar-refractivity contribution in [2.75, 3.05) is 18.0 Å². The third-order valence-corrected chi connectivity index (χ3v) is 5.09. The lowest BCUT2D eigenvalue weighted by Crippen LogP contribution is -2.43. The van der Waals surface area contributed by atoms with Crippen LogP contribution in [0.1, 0.15) is 46.1 Å². The maximum absolute atomic E-state index is 3.64. The Hall–Kier alpha value is -0.540. The maximum atomic E-state index is 3.64. The molecule has 0 amide bonds. The van der Waals surface area contributed by atoms with E-state index < -0.39 is 0 Å². The molecule has 0 aliphatic carbocycles. The van der Waals surface area contributed by atoms with E-state index in [1.54, 1.807) is 0 Å². The van der Waals surface area contributed by atoms with E-state index in [0.29, 0.717) is 12.0 Å². The molecule has 118 valence electrons. The van der Waals surface area contributed by atoms with Crippen LogP contribution >= 0.6 is 15.9 Å². The SMILES string of the molecule is CC(C)CNCc1ccc(Br)cc1N1CCCC(C)C1C. The number of hydrogen-bond acceptors (Lipinski definition) is 2. The van der Waals surface area contributed by atoms with Gasteiger partial charge in [0, 0.05) is 29.3 Å². The number of hydrogen-bond donors (Lipinski definition) is 1. The topological polar surface area (TPSA) is 15.3 Å². The average molecular weight is 353 g/mol. The summed E-state index contributed by atoms with van der Waals surface area (Å²) in [6.45, 7) is 12.5. The first-order valence-corrected chi connectivity index (χ1v) is 9.04. The van der Waals surface area contributed by atoms with E-state index in [-0.39, 0.29) is 0 Å². The van der Waals surface area contributed by atoms with Crippen LogP contribution < -0.4 is 10.2 Å². The Morgan fingerprint density at radius 2 is 2.10 bits per heavy atom. The Balaban J connectivity index is 2.18. The van der Waals surface area contributed by atoms with Crippen LogP contribution in [0, 0.1) is 11.8 Å². The Kier molecular flexibility index (Phi) is 6.12. The van der Waals surface area contributed by atoms with Crippen LogP contribution in [-0.2, 0) is 6.54 Å². The summed E-state index contributed by atoms with van der Waals surface area (Å²) in [5.41, 5.74) is 2.82. The summed E-state index contributed by atoms with van der Waals surface area (Å²) in [6, 6.07) is 7.34. The van der Waals surface area contributed by atoms with Gasteiger partial charge in [0.05, 0.1) is 0 Å². The smallest absolute Gasteiger partial charge is 0.0425 e. The molecular formula is C18H29BrN2. The Labute approximate surface area is 138 Å². The molecule has 1 aliphatic rings. The highest BCUT2D eigenvalue weighted by molar-refractivity contribution is 9.10. The van der Waals surface area contributed by atoms with Crippen molar-refractivity contribution in [3.63, 3.8) is 0 Å². The molecule has 1 aromatic carbocycles. The van der Waals surface area contributed by atoms with Crippen LogP contribution in [0.3, 0.4) is 0 Å². The van der Waals surface area contributed by atoms with Crippen molar-refractivity contribution in [2.45, 2.75) is 53.1 Å². The van der Waals surface area contributed by atoms with Gasteiger partial charge in [-0.3, -0.25) is 0 Å². The van der Waals surface area contributed by atoms with Crippen molar-refractivity contribution >= 4 is 21.6 Å². The Morgan fingerprint density at radius 1 is 1.33 bits per heavy atom. The highest BCUT2D eigenvalue weighted by atomic mass is 79.9. The molecule has 3 heteroatoms. The summed E-state index contributed by atoms with van der Waals surface area (Å²) in [7, 11) is 0. The zero-order valence-electron chi connectivity index (χ0n) is 13.8. The van der Waals surface area contributed by atoms with E-state index in [4.69, 9.17) is 0 Å². The number of anilines is 1. The van der Waals surface area contributed by atoms with Crippen LogP contribution in [0.2, 0.25) is 0 Å². The lowest BCUT2D eigenvalue weighted by atomic mass is 9.91. The van der Waals surface area contributed by atoms with E-state index in [9.17, 15) is 0 Å². The molecule has 0 radical (unpaired) electrons. The summed E-state index contributed by atoms with van der Waals surface area (Å²) in [6.07, 6.45) is 2.66. The van der Waals surface area contributed by atoms with Crippen molar-refractivity contribution in [3.8, 4) is 0 Å². The van der Waals surface area contributed by atoms with Crippen LogP contribution in [-0.4, -0.2) is 19.1 Å². The van der Waals surface area contributed by atoms with Crippen molar-refractivity contribution in [2.24, 2.45) is 11.8 Å². The standard InChI is InChI=1S/C18H29BrN2/c1-13(2)11-20-12-16-7-8-17(19)10-18(16)21-9-5-6-14(3)15(21)4/h7-8,10,13-15,20H,5-6,9,11-12H2,1-4H3. The van der Waals surface area contributed by atoms with E-state index in [2.05, 4.69) is 72.0 Å². The molecule has 2 atom stereocenters. The van der Waals surface area contributed by atoms with Gasteiger partial charge in [-0.1, -0.05) is 42.8 Å². The second-order valence-corrected chi connectivity index (χ2v) is 7.77. The van der Waals surface area contributed by atoms with Crippen molar-refractivity contribution in [1.29, 1.82) is 0 Å². The molecule has 1 N–H and O–H groups in total. The molecule has 0 bridgehead atoms. The normalized spacial score (nSPS) is 22.9. The minimum atomic E-state index is 0.622. The fraction of sp³-hybridized carbons (Fsp3) is 0.667. The zero-order chi connectivity index (χ0) is 15.4. The molecule has 0 spiro atoms. The van der Waals surface area contributed by atoms with E-state index in [0.717, 1.165) is 19.0 Å². The molecule has 1 saturated heterocycles. The number of nitrogens with zero attached hydrogens (tertiary/aromatic N) is 1. The van der Waals surface area contributed by atoms with Crippen molar-refractivity contribution in [3.05, 3.63) is 28.2 Å². The van der Waals surface area contributed by atoms with Gasteiger partial charge >= 0.3 is 0 Å². The first-order valence-electron chi connectivity index (χ1n) is 8.24. The monoisotopic (exact) mass is 352 g/mol. The van der Waals surface area contributed by atoms with Crippen LogP contribution in [0.15, 0.2) is 22.7 Å². The molecule has 1 heterocycles. The van der Waals surface area contributed by atoms with Gasteiger partial charge in [0.1, 0.15) is 0 Å². The Bertz CT molecular complexity index is 459. The largest absolute Gasteiger partial charge is 0.368 e. The fourth-order valence-electron chi connectivity index (χ4n) is 3.12. The number of rotatable bonds is 5. The highest BCUT2D eigenvalue weighted by Crippen LogP contribution is 2.32. The Morgan fingerprint density at radius 3 is 2.81 bits per heavy atom. The number of halogens is 1. The molecule has 0 saturated carbocycles. The molecule has 1 aliphatic heterocycles.